The molecule has 0 aliphatic heterocycles. The predicted molar refractivity (Wildman–Crippen MR) is 98.3 cm³/mol. The van der Waals surface area contributed by atoms with Crippen molar-refractivity contribution >= 4 is 23.5 Å². The number of anilines is 1. The zero-order valence-electron chi connectivity index (χ0n) is 14.4. The lowest BCUT2D eigenvalue weighted by Gasteiger charge is -2.10. The van der Waals surface area contributed by atoms with Crippen LogP contribution >= 0.6 is 0 Å². The van der Waals surface area contributed by atoms with Gasteiger partial charge < -0.3 is 9.84 Å². The zero-order chi connectivity index (χ0) is 18.5. The van der Waals surface area contributed by atoms with E-state index in [0.717, 1.165) is 11.3 Å². The summed E-state index contributed by atoms with van der Waals surface area (Å²) in [4.78, 5) is 17.1. The van der Waals surface area contributed by atoms with E-state index < -0.39 is 5.92 Å². The van der Waals surface area contributed by atoms with Gasteiger partial charge in [0.2, 0.25) is 5.91 Å². The summed E-state index contributed by atoms with van der Waals surface area (Å²) < 4.78 is 18.3. The fourth-order valence-electron chi connectivity index (χ4n) is 2.34. The van der Waals surface area contributed by atoms with Crippen LogP contribution in [0.2, 0.25) is 0 Å². The molecule has 6 heteroatoms. The maximum absolute atomic E-state index is 13.0. The van der Waals surface area contributed by atoms with E-state index in [0.29, 0.717) is 17.1 Å². The Morgan fingerprint density at radius 1 is 1.15 bits per heavy atom. The number of hydrogen-bond donors (Lipinski definition) is 1. The molecule has 26 heavy (non-hydrogen) atoms. The first-order valence-electron chi connectivity index (χ1n) is 8.12. The van der Waals surface area contributed by atoms with Crippen LogP contribution in [0.3, 0.4) is 0 Å². The molecule has 0 aliphatic carbocycles. The van der Waals surface area contributed by atoms with Crippen molar-refractivity contribution in [2.24, 2.45) is 4.99 Å². The highest BCUT2D eigenvalue weighted by Crippen LogP contribution is 2.20. The van der Waals surface area contributed by atoms with E-state index in [-0.39, 0.29) is 11.7 Å². The highest BCUT2D eigenvalue weighted by molar-refractivity contribution is 6.06. The van der Waals surface area contributed by atoms with Crippen molar-refractivity contribution in [3.05, 3.63) is 77.4 Å². The van der Waals surface area contributed by atoms with Crippen LogP contribution in [-0.4, -0.2) is 17.3 Å². The van der Waals surface area contributed by atoms with Gasteiger partial charge in [-0.2, -0.15) is 0 Å². The number of amides is 1. The number of carbonyl (C=O) groups is 1. The molecular formula is C20H18FN3O2. The molecule has 3 aromatic rings. The van der Waals surface area contributed by atoms with Crippen molar-refractivity contribution in [3.63, 3.8) is 0 Å². The number of nitrogens with one attached hydrogen (secondary N) is 1. The summed E-state index contributed by atoms with van der Waals surface area (Å²) in [6.45, 7) is 3.77. The van der Waals surface area contributed by atoms with Crippen molar-refractivity contribution < 1.29 is 13.7 Å². The highest BCUT2D eigenvalue weighted by Gasteiger charge is 2.23. The van der Waals surface area contributed by atoms with E-state index >= 15 is 0 Å². The number of halogens is 1. The molecule has 0 spiro atoms. The van der Waals surface area contributed by atoms with Gasteiger partial charge in [-0.25, -0.2) is 4.39 Å². The number of nitrogens with zero attached hydrogens (tertiary/aromatic N) is 2. The van der Waals surface area contributed by atoms with Crippen LogP contribution in [0.1, 0.15) is 22.9 Å². The standard InChI is InChI=1S/C20H18FN3O2/c1-13-3-7-16(8-4-13)22-12-18(19-11-14(2)24-26-19)20(25)23-17-9-5-15(21)6-10-17/h3-12,18H,1-2H3,(H,23,25). The van der Waals surface area contributed by atoms with E-state index in [4.69, 9.17) is 4.52 Å². The van der Waals surface area contributed by atoms with Crippen LogP contribution in [0, 0.1) is 19.7 Å². The molecule has 2 aromatic carbocycles. The molecule has 3 rings (SSSR count). The monoisotopic (exact) mass is 351 g/mol. The van der Waals surface area contributed by atoms with Gasteiger partial charge in [0.15, 0.2) is 5.76 Å². The molecule has 0 bridgehead atoms. The lowest BCUT2D eigenvalue weighted by molar-refractivity contribution is -0.116. The van der Waals surface area contributed by atoms with Gasteiger partial charge in [-0.05, 0) is 50.2 Å². The molecule has 132 valence electrons. The molecule has 1 heterocycles. The average molecular weight is 351 g/mol. The van der Waals surface area contributed by atoms with E-state index in [9.17, 15) is 9.18 Å². The normalized spacial score (nSPS) is 12.3. The number of aryl methyl sites for hydroxylation is 2. The number of benzene rings is 2. The summed E-state index contributed by atoms with van der Waals surface area (Å²) in [6.07, 6.45) is 1.52. The Morgan fingerprint density at radius 3 is 2.46 bits per heavy atom. The van der Waals surface area contributed by atoms with Crippen LogP contribution in [0.15, 0.2) is 64.1 Å². The number of carbonyl (C=O) groups excluding carboxylic acids is 1. The molecule has 1 N–H and O–H groups in total. The second-order valence-electron chi connectivity index (χ2n) is 5.96. The van der Waals surface area contributed by atoms with Crippen LogP contribution in [0.5, 0.6) is 0 Å². The summed E-state index contributed by atoms with van der Waals surface area (Å²) in [7, 11) is 0. The Bertz CT molecular complexity index is 915. The third-order valence-electron chi connectivity index (χ3n) is 3.75. The summed E-state index contributed by atoms with van der Waals surface area (Å²) >= 11 is 0. The molecule has 1 aromatic heterocycles. The van der Waals surface area contributed by atoms with Crippen molar-refractivity contribution in [3.8, 4) is 0 Å². The highest BCUT2D eigenvalue weighted by atomic mass is 19.1. The van der Waals surface area contributed by atoms with Gasteiger partial charge in [0.05, 0.1) is 11.4 Å². The Hall–Kier alpha value is -3.28. The maximum Gasteiger partial charge on any atom is 0.240 e. The van der Waals surface area contributed by atoms with Gasteiger partial charge in [-0.15, -0.1) is 0 Å². The number of aliphatic imine (C=N–C) groups is 1. The number of aromatic nitrogens is 1. The third-order valence-corrected chi connectivity index (χ3v) is 3.75. The first-order valence-corrected chi connectivity index (χ1v) is 8.12. The van der Waals surface area contributed by atoms with Gasteiger partial charge in [0.1, 0.15) is 11.7 Å². The lowest BCUT2D eigenvalue weighted by atomic mass is 10.1. The predicted octanol–water partition coefficient (Wildman–Crippen LogP) is 4.56. The zero-order valence-corrected chi connectivity index (χ0v) is 14.4. The summed E-state index contributed by atoms with van der Waals surface area (Å²) in [5, 5.41) is 6.58. The number of rotatable bonds is 5. The summed E-state index contributed by atoms with van der Waals surface area (Å²) in [6, 6.07) is 14.9. The second-order valence-corrected chi connectivity index (χ2v) is 5.96. The van der Waals surface area contributed by atoms with Crippen molar-refractivity contribution in [2.45, 2.75) is 19.8 Å². The molecular weight excluding hydrogens is 333 g/mol. The maximum atomic E-state index is 13.0. The second kappa shape index (κ2) is 7.74. The fourth-order valence-corrected chi connectivity index (χ4v) is 2.34. The van der Waals surface area contributed by atoms with E-state index in [1.54, 1.807) is 13.0 Å². The third kappa shape index (κ3) is 4.42. The van der Waals surface area contributed by atoms with E-state index in [1.165, 1.54) is 30.5 Å². The minimum atomic E-state index is -0.762. The topological polar surface area (TPSA) is 67.5 Å². The smallest absolute Gasteiger partial charge is 0.240 e. The van der Waals surface area contributed by atoms with E-state index in [2.05, 4.69) is 15.5 Å². The van der Waals surface area contributed by atoms with Gasteiger partial charge >= 0.3 is 0 Å². The Labute approximate surface area is 150 Å². The Balaban J connectivity index is 1.84. The SMILES string of the molecule is Cc1ccc(N=CC(C(=O)Nc2ccc(F)cc2)c2cc(C)no2)cc1. The van der Waals surface area contributed by atoms with Gasteiger partial charge in [-0.3, -0.25) is 9.79 Å². The van der Waals surface area contributed by atoms with Gasteiger partial charge in [-0.1, -0.05) is 22.9 Å². The van der Waals surface area contributed by atoms with Crippen molar-refractivity contribution in [1.82, 2.24) is 5.16 Å². The van der Waals surface area contributed by atoms with Crippen LogP contribution in [-0.2, 0) is 4.79 Å². The molecule has 0 radical (unpaired) electrons. The first-order chi connectivity index (χ1) is 12.5. The minimum absolute atomic E-state index is 0.344. The summed E-state index contributed by atoms with van der Waals surface area (Å²) in [5.74, 6) is -1.09. The van der Waals surface area contributed by atoms with Gasteiger partial charge in [0, 0.05) is 18.0 Å². The lowest BCUT2D eigenvalue weighted by Crippen LogP contribution is -2.22. The minimum Gasteiger partial charge on any atom is -0.360 e. The van der Waals surface area contributed by atoms with Crippen molar-refractivity contribution in [1.29, 1.82) is 0 Å². The molecule has 0 saturated carbocycles. The largest absolute Gasteiger partial charge is 0.360 e. The molecule has 1 atom stereocenters. The fraction of sp³-hybridized carbons (Fsp3) is 0.150. The number of hydrogen-bond acceptors (Lipinski definition) is 4. The quantitative estimate of drug-likeness (QED) is 0.686. The molecule has 1 amide bonds. The average Bonchev–Trinajstić information content (AvgIpc) is 3.05. The van der Waals surface area contributed by atoms with Crippen LogP contribution in [0.25, 0.3) is 0 Å². The molecule has 5 nitrogen and oxygen atoms in total. The molecule has 0 aliphatic rings. The van der Waals surface area contributed by atoms with Gasteiger partial charge in [0.25, 0.3) is 0 Å². The Morgan fingerprint density at radius 2 is 1.85 bits per heavy atom. The molecule has 1 unspecified atom stereocenters. The van der Waals surface area contributed by atoms with Crippen molar-refractivity contribution in [2.75, 3.05) is 5.32 Å². The van der Waals surface area contributed by atoms with E-state index in [1.807, 2.05) is 31.2 Å². The van der Waals surface area contributed by atoms with Crippen LogP contribution in [0.4, 0.5) is 15.8 Å². The summed E-state index contributed by atoms with van der Waals surface area (Å²) in [5.41, 5.74) is 3.01. The molecule has 0 fully saturated rings. The molecule has 0 saturated heterocycles. The first kappa shape index (κ1) is 17.5. The van der Waals surface area contributed by atoms with Crippen LogP contribution < -0.4 is 5.32 Å². The Kier molecular flexibility index (Phi) is 5.22.